The van der Waals surface area contributed by atoms with Gasteiger partial charge in [-0.05, 0) is 49.2 Å². The highest BCUT2D eigenvalue weighted by molar-refractivity contribution is 5.66. The minimum Gasteiger partial charge on any atom is -0.494 e. The molecule has 6 heteroatoms. The number of aliphatic hydroxyl groups is 1. The van der Waals surface area contributed by atoms with Crippen LogP contribution in [0.5, 0.6) is 11.5 Å². The number of aliphatic hydroxyl groups excluding tert-OH is 1. The van der Waals surface area contributed by atoms with Crippen molar-refractivity contribution in [3.8, 4) is 22.6 Å². The Balaban J connectivity index is 0.000000232. The van der Waals surface area contributed by atoms with Crippen molar-refractivity contribution in [2.45, 2.75) is 32.9 Å². The minimum atomic E-state index is -0.784. The summed E-state index contributed by atoms with van der Waals surface area (Å²) >= 11 is 0. The number of aryl methyl sites for hydroxylation is 1. The summed E-state index contributed by atoms with van der Waals surface area (Å²) in [7, 11) is 0. The lowest BCUT2D eigenvalue weighted by Crippen LogP contribution is -2.21. The van der Waals surface area contributed by atoms with E-state index < -0.39 is 6.23 Å². The second-order valence-corrected chi connectivity index (χ2v) is 6.75. The van der Waals surface area contributed by atoms with Crippen LogP contribution >= 0.6 is 0 Å². The summed E-state index contributed by atoms with van der Waals surface area (Å²) in [4.78, 5) is 14.0. The maximum absolute atomic E-state index is 11.2. The van der Waals surface area contributed by atoms with Gasteiger partial charge in [0, 0.05) is 23.7 Å². The summed E-state index contributed by atoms with van der Waals surface area (Å²) in [6, 6.07) is 20.8. The van der Waals surface area contributed by atoms with Gasteiger partial charge in [-0.15, -0.1) is 0 Å². The fraction of sp³-hybridized carbons (Fsp3) is 0.292. The number of hydrogen-bond donors (Lipinski definition) is 3. The lowest BCUT2D eigenvalue weighted by Gasteiger charge is -2.08. The average Bonchev–Trinajstić information content (AvgIpc) is 2.74. The second-order valence-electron chi connectivity index (χ2n) is 6.75. The number of para-hydroxylation sites is 1. The minimum absolute atomic E-state index is 0.0702. The van der Waals surface area contributed by atoms with Crippen molar-refractivity contribution < 1.29 is 14.6 Å². The summed E-state index contributed by atoms with van der Waals surface area (Å²) in [6.45, 7) is 5.16. The van der Waals surface area contributed by atoms with Crippen LogP contribution < -0.4 is 20.8 Å². The van der Waals surface area contributed by atoms with E-state index in [2.05, 4.69) is 11.9 Å². The zero-order chi connectivity index (χ0) is 21.8. The molecule has 0 bridgehead atoms. The predicted molar refractivity (Wildman–Crippen MR) is 120 cm³/mol. The lowest BCUT2D eigenvalue weighted by molar-refractivity contribution is 0.145. The number of pyridine rings is 1. The molecule has 2 aromatic carbocycles. The van der Waals surface area contributed by atoms with Crippen LogP contribution in [0.4, 0.5) is 0 Å². The Morgan fingerprint density at radius 3 is 2.17 bits per heavy atom. The number of rotatable bonds is 8. The van der Waals surface area contributed by atoms with Gasteiger partial charge >= 0.3 is 0 Å². The van der Waals surface area contributed by atoms with Gasteiger partial charge in [0.1, 0.15) is 17.7 Å². The molecule has 0 aliphatic carbocycles. The molecule has 30 heavy (non-hydrogen) atoms. The normalized spacial score (nSPS) is 11.2. The zero-order valence-corrected chi connectivity index (χ0v) is 17.5. The van der Waals surface area contributed by atoms with E-state index in [0.29, 0.717) is 13.0 Å². The van der Waals surface area contributed by atoms with E-state index in [-0.39, 0.29) is 5.56 Å². The first kappa shape index (κ1) is 23.2. The van der Waals surface area contributed by atoms with Gasteiger partial charge in [0.15, 0.2) is 0 Å². The van der Waals surface area contributed by atoms with Gasteiger partial charge in [-0.1, -0.05) is 37.3 Å². The predicted octanol–water partition coefficient (Wildman–Crippen LogP) is 3.87. The number of ether oxygens (including phenoxy) is 2. The Labute approximate surface area is 177 Å². The Kier molecular flexibility index (Phi) is 9.64. The molecule has 0 amide bonds. The summed E-state index contributed by atoms with van der Waals surface area (Å²) in [5, 5.41) is 8.73. The van der Waals surface area contributed by atoms with Crippen molar-refractivity contribution in [3.63, 3.8) is 0 Å². The molecule has 0 spiro atoms. The molecule has 3 aromatic rings. The highest BCUT2D eigenvalue weighted by Gasteiger charge is 2.03. The van der Waals surface area contributed by atoms with Crippen LogP contribution in [-0.4, -0.2) is 29.5 Å². The molecular formula is C24H30N2O4. The standard InChI is InChI=1S/C15H17NO2.C9H13NO2/c1-3-10-18-13-6-4-12(5-7-13)14-8-9-15(17)16-11(14)2;10-9(11)6-7-12-8-4-2-1-3-5-8/h4-9H,3,10H2,1-2H3,(H,16,17);1-5,9,11H,6-7,10H2. The molecule has 0 saturated carbocycles. The summed E-state index contributed by atoms with van der Waals surface area (Å²) in [5.41, 5.74) is 8.06. The van der Waals surface area contributed by atoms with Crippen molar-refractivity contribution in [2.24, 2.45) is 5.73 Å². The van der Waals surface area contributed by atoms with Crippen LogP contribution in [0, 0.1) is 6.92 Å². The molecule has 1 heterocycles. The molecule has 160 valence electrons. The third-order valence-corrected chi connectivity index (χ3v) is 4.18. The SMILES string of the molecule is CCCOc1ccc(-c2ccc(=O)[nH]c2C)cc1.NC(O)CCOc1ccccc1. The first-order chi connectivity index (χ1) is 14.5. The molecule has 6 nitrogen and oxygen atoms in total. The number of benzene rings is 2. The Bertz CT molecular complexity index is 922. The third-order valence-electron chi connectivity index (χ3n) is 4.18. The van der Waals surface area contributed by atoms with Gasteiger partial charge in [0.2, 0.25) is 5.56 Å². The highest BCUT2D eigenvalue weighted by Crippen LogP contribution is 2.23. The summed E-state index contributed by atoms with van der Waals surface area (Å²) in [5.74, 6) is 1.68. The van der Waals surface area contributed by atoms with E-state index in [4.69, 9.17) is 20.3 Å². The van der Waals surface area contributed by atoms with Crippen LogP contribution in [0.1, 0.15) is 25.5 Å². The summed E-state index contributed by atoms with van der Waals surface area (Å²) < 4.78 is 10.8. The fourth-order valence-electron chi connectivity index (χ4n) is 2.66. The second kappa shape index (κ2) is 12.5. The molecule has 0 aliphatic rings. The molecule has 1 aromatic heterocycles. The van der Waals surface area contributed by atoms with Gasteiger partial charge in [0.05, 0.1) is 13.2 Å². The zero-order valence-electron chi connectivity index (χ0n) is 17.5. The van der Waals surface area contributed by atoms with Gasteiger partial charge in [-0.25, -0.2) is 0 Å². The Morgan fingerprint density at radius 2 is 1.57 bits per heavy atom. The van der Waals surface area contributed by atoms with Gasteiger partial charge in [-0.3, -0.25) is 4.79 Å². The number of nitrogens with two attached hydrogens (primary N) is 1. The van der Waals surface area contributed by atoms with Crippen LogP contribution in [0.25, 0.3) is 11.1 Å². The number of aromatic nitrogens is 1. The van der Waals surface area contributed by atoms with E-state index in [1.54, 1.807) is 6.07 Å². The quantitative estimate of drug-likeness (QED) is 0.490. The molecule has 0 aliphatic heterocycles. The van der Waals surface area contributed by atoms with Gasteiger partial charge in [-0.2, -0.15) is 0 Å². The van der Waals surface area contributed by atoms with E-state index in [0.717, 1.165) is 41.3 Å². The van der Waals surface area contributed by atoms with Crippen LogP contribution in [0.3, 0.4) is 0 Å². The molecule has 0 fully saturated rings. The smallest absolute Gasteiger partial charge is 0.248 e. The van der Waals surface area contributed by atoms with E-state index in [9.17, 15) is 4.79 Å². The van der Waals surface area contributed by atoms with Crippen LogP contribution in [-0.2, 0) is 0 Å². The maximum atomic E-state index is 11.2. The third kappa shape index (κ3) is 8.11. The van der Waals surface area contributed by atoms with Crippen LogP contribution in [0.2, 0.25) is 0 Å². The molecule has 1 unspecified atom stereocenters. The molecule has 4 N–H and O–H groups in total. The molecular weight excluding hydrogens is 380 g/mol. The monoisotopic (exact) mass is 410 g/mol. The fourth-order valence-corrected chi connectivity index (χ4v) is 2.66. The van der Waals surface area contributed by atoms with Crippen molar-refractivity contribution in [3.05, 3.63) is 82.8 Å². The van der Waals surface area contributed by atoms with Crippen molar-refractivity contribution in [1.82, 2.24) is 4.98 Å². The highest BCUT2D eigenvalue weighted by atomic mass is 16.5. The van der Waals surface area contributed by atoms with E-state index in [1.807, 2.05) is 67.6 Å². The van der Waals surface area contributed by atoms with Crippen LogP contribution in [0.15, 0.2) is 71.5 Å². The maximum Gasteiger partial charge on any atom is 0.248 e. The first-order valence-electron chi connectivity index (χ1n) is 10.0. The summed E-state index contributed by atoms with van der Waals surface area (Å²) in [6.07, 6.45) is 0.670. The van der Waals surface area contributed by atoms with Crippen molar-refractivity contribution >= 4 is 0 Å². The Hall–Kier alpha value is -3.09. The van der Waals surface area contributed by atoms with Crippen molar-refractivity contribution in [2.75, 3.05) is 13.2 Å². The number of aromatic amines is 1. The average molecular weight is 411 g/mol. The molecule has 0 saturated heterocycles. The topological polar surface area (TPSA) is 97.6 Å². The first-order valence-corrected chi connectivity index (χ1v) is 10.0. The molecule has 0 radical (unpaired) electrons. The van der Waals surface area contributed by atoms with E-state index >= 15 is 0 Å². The largest absolute Gasteiger partial charge is 0.494 e. The number of nitrogens with one attached hydrogen (secondary N) is 1. The number of hydrogen-bond acceptors (Lipinski definition) is 5. The lowest BCUT2D eigenvalue weighted by atomic mass is 10.0. The van der Waals surface area contributed by atoms with Gasteiger partial charge < -0.3 is 25.3 Å². The number of H-pyrrole nitrogens is 1. The molecule has 3 rings (SSSR count). The van der Waals surface area contributed by atoms with Crippen molar-refractivity contribution in [1.29, 1.82) is 0 Å². The van der Waals surface area contributed by atoms with E-state index in [1.165, 1.54) is 0 Å². The molecule has 1 atom stereocenters. The Morgan fingerprint density at radius 1 is 0.933 bits per heavy atom. The van der Waals surface area contributed by atoms with Gasteiger partial charge in [0.25, 0.3) is 0 Å².